The number of aromatic amines is 1. The molecule has 3 aromatic carbocycles. The predicted octanol–water partition coefficient (Wildman–Crippen LogP) is 5.61. The molecule has 4 heteroatoms. The molecule has 156 valence electrons. The number of rotatable bonds is 4. The zero-order valence-corrected chi connectivity index (χ0v) is 18.3. The second-order valence-electron chi connectivity index (χ2n) is 8.24. The largest absolute Gasteiger partial charge is 0.322 e. The van der Waals surface area contributed by atoms with Crippen LogP contribution < -0.4 is 10.5 Å². The third-order valence-electron chi connectivity index (χ3n) is 5.75. The van der Waals surface area contributed by atoms with Gasteiger partial charge in [0.2, 0.25) is 0 Å². The van der Waals surface area contributed by atoms with Gasteiger partial charge < -0.3 is 9.88 Å². The Balaban J connectivity index is 1.80. The minimum absolute atomic E-state index is 0.132. The predicted molar refractivity (Wildman–Crippen MR) is 127 cm³/mol. The summed E-state index contributed by atoms with van der Waals surface area (Å²) in [6, 6.07) is 21.3. The fourth-order valence-corrected chi connectivity index (χ4v) is 3.68. The summed E-state index contributed by atoms with van der Waals surface area (Å²) >= 11 is 0. The van der Waals surface area contributed by atoms with Gasteiger partial charge in [-0.05, 0) is 86.7 Å². The number of amides is 1. The minimum Gasteiger partial charge on any atom is -0.322 e. The van der Waals surface area contributed by atoms with E-state index in [1.54, 1.807) is 4.90 Å². The maximum atomic E-state index is 13.5. The van der Waals surface area contributed by atoms with E-state index in [9.17, 15) is 9.59 Å². The zero-order chi connectivity index (χ0) is 22.1. The number of fused-ring (bicyclic) bond motifs is 1. The van der Waals surface area contributed by atoms with Crippen molar-refractivity contribution < 1.29 is 4.79 Å². The third kappa shape index (κ3) is 4.29. The van der Waals surface area contributed by atoms with E-state index >= 15 is 0 Å². The Morgan fingerprint density at radius 2 is 1.52 bits per heavy atom. The lowest BCUT2D eigenvalue weighted by molar-refractivity contribution is 0.0985. The summed E-state index contributed by atoms with van der Waals surface area (Å²) in [5.41, 5.74) is 7.01. The van der Waals surface area contributed by atoms with Crippen molar-refractivity contribution >= 4 is 22.5 Å². The molecule has 0 radical (unpaired) electrons. The van der Waals surface area contributed by atoms with Crippen LogP contribution in [0.25, 0.3) is 10.9 Å². The summed E-state index contributed by atoms with van der Waals surface area (Å²) in [5, 5.41) is 0.956. The number of anilines is 1. The van der Waals surface area contributed by atoms with Crippen LogP contribution in [0.1, 0.15) is 38.2 Å². The van der Waals surface area contributed by atoms with Crippen molar-refractivity contribution in [1.29, 1.82) is 0 Å². The average Bonchev–Trinajstić information content (AvgIpc) is 2.74. The van der Waals surface area contributed by atoms with Crippen LogP contribution in [0.2, 0.25) is 0 Å². The molecule has 0 unspecified atom stereocenters. The molecule has 0 bridgehead atoms. The molecule has 0 fully saturated rings. The first-order chi connectivity index (χ1) is 14.8. The summed E-state index contributed by atoms with van der Waals surface area (Å²) in [4.78, 5) is 31.0. The van der Waals surface area contributed by atoms with E-state index in [-0.39, 0.29) is 18.0 Å². The van der Waals surface area contributed by atoms with Crippen molar-refractivity contribution in [1.82, 2.24) is 4.98 Å². The van der Waals surface area contributed by atoms with Crippen LogP contribution in [0.5, 0.6) is 0 Å². The van der Waals surface area contributed by atoms with Crippen LogP contribution >= 0.6 is 0 Å². The average molecular weight is 411 g/mol. The molecular formula is C27H26N2O2. The Bertz CT molecular complexity index is 1330. The lowest BCUT2D eigenvalue weighted by Gasteiger charge is -2.24. The standard InChI is InChI=1S/C27H26N2O2/c1-17-5-9-21(10-6-17)27(31)29(24-11-8-19(3)20(4)14-24)16-23-15-22-13-18(2)7-12-25(22)28-26(23)30/h5-15H,16H2,1-4H3,(H,28,30). The highest BCUT2D eigenvalue weighted by atomic mass is 16.2. The number of hydrogen-bond acceptors (Lipinski definition) is 2. The van der Waals surface area contributed by atoms with Crippen LogP contribution in [-0.2, 0) is 6.54 Å². The molecule has 0 aliphatic carbocycles. The summed E-state index contributed by atoms with van der Waals surface area (Å²) in [6.07, 6.45) is 0. The number of benzene rings is 3. The van der Waals surface area contributed by atoms with Gasteiger partial charge in [0.25, 0.3) is 11.5 Å². The summed E-state index contributed by atoms with van der Waals surface area (Å²) in [6.45, 7) is 8.27. The molecule has 0 saturated heterocycles. The van der Waals surface area contributed by atoms with E-state index in [1.165, 1.54) is 0 Å². The lowest BCUT2D eigenvalue weighted by atomic mass is 10.1. The Kier molecular flexibility index (Phi) is 5.47. The Hall–Kier alpha value is -3.66. The van der Waals surface area contributed by atoms with E-state index in [0.717, 1.165) is 38.8 Å². The number of H-pyrrole nitrogens is 1. The van der Waals surface area contributed by atoms with Gasteiger partial charge in [0.15, 0.2) is 0 Å². The van der Waals surface area contributed by atoms with Gasteiger partial charge >= 0.3 is 0 Å². The van der Waals surface area contributed by atoms with E-state index in [4.69, 9.17) is 0 Å². The number of aromatic nitrogens is 1. The molecular weight excluding hydrogens is 384 g/mol. The van der Waals surface area contributed by atoms with Gasteiger partial charge in [-0.25, -0.2) is 0 Å². The Morgan fingerprint density at radius 3 is 2.23 bits per heavy atom. The van der Waals surface area contributed by atoms with Gasteiger partial charge in [0.05, 0.1) is 6.54 Å². The van der Waals surface area contributed by atoms with Crippen molar-refractivity contribution in [3.63, 3.8) is 0 Å². The number of aryl methyl sites for hydroxylation is 4. The van der Waals surface area contributed by atoms with Gasteiger partial charge in [-0.15, -0.1) is 0 Å². The van der Waals surface area contributed by atoms with Gasteiger partial charge in [-0.1, -0.05) is 35.4 Å². The van der Waals surface area contributed by atoms with Gasteiger partial charge in [-0.2, -0.15) is 0 Å². The van der Waals surface area contributed by atoms with E-state index in [0.29, 0.717) is 11.1 Å². The number of nitrogens with one attached hydrogen (secondary N) is 1. The highest BCUT2D eigenvalue weighted by Gasteiger charge is 2.20. The van der Waals surface area contributed by atoms with Crippen molar-refractivity contribution in [2.24, 2.45) is 0 Å². The molecule has 0 spiro atoms. The van der Waals surface area contributed by atoms with Crippen molar-refractivity contribution in [3.05, 3.63) is 110 Å². The molecule has 4 nitrogen and oxygen atoms in total. The molecule has 1 amide bonds. The first kappa shape index (κ1) is 20.6. The fraction of sp³-hybridized carbons (Fsp3) is 0.185. The highest BCUT2D eigenvalue weighted by molar-refractivity contribution is 6.06. The molecule has 4 aromatic rings. The second-order valence-corrected chi connectivity index (χ2v) is 8.24. The second kappa shape index (κ2) is 8.23. The molecule has 1 heterocycles. The quantitative estimate of drug-likeness (QED) is 0.475. The Morgan fingerprint density at radius 1 is 0.806 bits per heavy atom. The lowest BCUT2D eigenvalue weighted by Crippen LogP contribution is -2.33. The summed E-state index contributed by atoms with van der Waals surface area (Å²) < 4.78 is 0. The monoisotopic (exact) mass is 410 g/mol. The first-order valence-corrected chi connectivity index (χ1v) is 10.4. The van der Waals surface area contributed by atoms with Crippen molar-refractivity contribution in [2.75, 3.05) is 4.90 Å². The summed E-state index contributed by atoms with van der Waals surface area (Å²) in [5.74, 6) is -0.132. The molecule has 0 aliphatic heterocycles. The normalized spacial score (nSPS) is 11.0. The number of carbonyl (C=O) groups excluding carboxylic acids is 1. The first-order valence-electron chi connectivity index (χ1n) is 10.4. The van der Waals surface area contributed by atoms with Crippen molar-refractivity contribution in [2.45, 2.75) is 34.2 Å². The van der Waals surface area contributed by atoms with Crippen LogP contribution in [0.3, 0.4) is 0 Å². The summed E-state index contributed by atoms with van der Waals surface area (Å²) in [7, 11) is 0. The van der Waals surface area contributed by atoms with Crippen LogP contribution in [-0.4, -0.2) is 10.9 Å². The maximum absolute atomic E-state index is 13.5. The molecule has 4 rings (SSSR count). The van der Waals surface area contributed by atoms with Crippen LogP contribution in [0.15, 0.2) is 71.5 Å². The Labute approximate surface area is 182 Å². The van der Waals surface area contributed by atoms with E-state index in [2.05, 4.69) is 4.98 Å². The minimum atomic E-state index is -0.179. The smallest absolute Gasteiger partial charge is 0.258 e. The number of nitrogens with zero attached hydrogens (tertiary/aromatic N) is 1. The van der Waals surface area contributed by atoms with E-state index < -0.39 is 0 Å². The fourth-order valence-electron chi connectivity index (χ4n) is 3.68. The van der Waals surface area contributed by atoms with Gasteiger partial charge in [0.1, 0.15) is 0 Å². The number of pyridine rings is 1. The maximum Gasteiger partial charge on any atom is 0.258 e. The van der Waals surface area contributed by atoms with E-state index in [1.807, 2.05) is 94.4 Å². The SMILES string of the molecule is Cc1ccc(C(=O)N(Cc2cc3cc(C)ccc3[nH]c2=O)c2ccc(C)c(C)c2)cc1. The molecule has 0 saturated carbocycles. The topological polar surface area (TPSA) is 53.2 Å². The molecule has 0 atom stereocenters. The third-order valence-corrected chi connectivity index (χ3v) is 5.75. The zero-order valence-electron chi connectivity index (χ0n) is 18.3. The molecule has 31 heavy (non-hydrogen) atoms. The molecule has 1 aromatic heterocycles. The molecule has 0 aliphatic rings. The highest BCUT2D eigenvalue weighted by Crippen LogP contribution is 2.24. The van der Waals surface area contributed by atoms with Gasteiger partial charge in [0, 0.05) is 22.3 Å². The molecule has 1 N–H and O–H groups in total. The number of hydrogen-bond donors (Lipinski definition) is 1. The van der Waals surface area contributed by atoms with Crippen molar-refractivity contribution in [3.8, 4) is 0 Å². The van der Waals surface area contributed by atoms with Crippen LogP contribution in [0.4, 0.5) is 5.69 Å². The number of carbonyl (C=O) groups is 1. The van der Waals surface area contributed by atoms with Gasteiger partial charge in [-0.3, -0.25) is 9.59 Å². The van der Waals surface area contributed by atoms with Crippen LogP contribution in [0, 0.1) is 27.7 Å².